The van der Waals surface area contributed by atoms with E-state index in [4.69, 9.17) is 0 Å². The summed E-state index contributed by atoms with van der Waals surface area (Å²) in [6.45, 7) is 6.44. The molecule has 0 fully saturated rings. The van der Waals surface area contributed by atoms with E-state index in [1.54, 1.807) is 0 Å². The van der Waals surface area contributed by atoms with Crippen molar-refractivity contribution in [2.24, 2.45) is 0 Å². The van der Waals surface area contributed by atoms with E-state index in [1.807, 2.05) is 139 Å². The van der Waals surface area contributed by atoms with Crippen LogP contribution in [-0.4, -0.2) is 43.5 Å². The number of hydrogen-bond acceptors (Lipinski definition) is 4. The summed E-state index contributed by atoms with van der Waals surface area (Å²) in [5.41, 5.74) is 4.59. The molecular formula is C44H50N2O4. The van der Waals surface area contributed by atoms with E-state index < -0.39 is 23.5 Å². The SMILES string of the molecule is CCC[C@@](Cc1ccccc1)(C(=O)O)N(Cc1ccccc1)Cc1ccccc1.CC[C@@H](C(=O)O)N(Cc1ccccc1)Cc1ccccc1. The highest BCUT2D eigenvalue weighted by atomic mass is 16.4. The van der Waals surface area contributed by atoms with Crippen LogP contribution in [0.1, 0.15) is 60.9 Å². The fraction of sp³-hybridized carbons (Fsp3) is 0.273. The average molecular weight is 671 g/mol. The molecule has 2 atom stereocenters. The van der Waals surface area contributed by atoms with E-state index in [0.29, 0.717) is 45.4 Å². The maximum absolute atomic E-state index is 12.8. The van der Waals surface area contributed by atoms with Crippen molar-refractivity contribution in [3.8, 4) is 0 Å². The average Bonchev–Trinajstić information content (AvgIpc) is 3.13. The number of carbonyl (C=O) groups is 2. The van der Waals surface area contributed by atoms with Gasteiger partial charge in [0.2, 0.25) is 0 Å². The van der Waals surface area contributed by atoms with Crippen LogP contribution < -0.4 is 0 Å². The number of rotatable bonds is 17. The van der Waals surface area contributed by atoms with Gasteiger partial charge in [-0.2, -0.15) is 0 Å². The van der Waals surface area contributed by atoms with Crippen LogP contribution in [0.2, 0.25) is 0 Å². The van der Waals surface area contributed by atoms with Gasteiger partial charge < -0.3 is 10.2 Å². The molecule has 0 aliphatic carbocycles. The fourth-order valence-electron chi connectivity index (χ4n) is 6.49. The molecule has 0 bridgehead atoms. The quantitative estimate of drug-likeness (QED) is 0.103. The highest BCUT2D eigenvalue weighted by molar-refractivity contribution is 5.79. The molecule has 0 aliphatic heterocycles. The van der Waals surface area contributed by atoms with Crippen LogP contribution in [-0.2, 0) is 42.2 Å². The molecule has 5 aromatic carbocycles. The molecule has 6 nitrogen and oxygen atoms in total. The van der Waals surface area contributed by atoms with Gasteiger partial charge in [-0.25, -0.2) is 0 Å². The first-order valence-corrected chi connectivity index (χ1v) is 17.5. The highest BCUT2D eigenvalue weighted by Crippen LogP contribution is 2.31. The zero-order chi connectivity index (χ0) is 35.6. The van der Waals surface area contributed by atoms with Crippen molar-refractivity contribution >= 4 is 11.9 Å². The molecule has 0 aliphatic rings. The second-order valence-electron chi connectivity index (χ2n) is 12.7. The zero-order valence-electron chi connectivity index (χ0n) is 29.3. The van der Waals surface area contributed by atoms with Crippen molar-refractivity contribution in [3.05, 3.63) is 179 Å². The maximum Gasteiger partial charge on any atom is 0.324 e. The lowest BCUT2D eigenvalue weighted by Crippen LogP contribution is -2.55. The summed E-state index contributed by atoms with van der Waals surface area (Å²) >= 11 is 0. The third kappa shape index (κ3) is 11.3. The Labute approximate surface area is 297 Å². The molecule has 0 heterocycles. The van der Waals surface area contributed by atoms with Crippen molar-refractivity contribution in [1.82, 2.24) is 9.80 Å². The molecule has 260 valence electrons. The van der Waals surface area contributed by atoms with Gasteiger partial charge in [-0.1, -0.05) is 172 Å². The highest BCUT2D eigenvalue weighted by Gasteiger charge is 2.43. The monoisotopic (exact) mass is 670 g/mol. The molecule has 5 rings (SSSR count). The Kier molecular flexibility index (Phi) is 15.0. The van der Waals surface area contributed by atoms with Gasteiger partial charge in [-0.3, -0.25) is 19.4 Å². The van der Waals surface area contributed by atoms with Crippen LogP contribution in [0.25, 0.3) is 0 Å². The molecule has 0 spiro atoms. The van der Waals surface area contributed by atoms with Gasteiger partial charge in [0.1, 0.15) is 11.6 Å². The first-order chi connectivity index (χ1) is 24.3. The van der Waals surface area contributed by atoms with Crippen molar-refractivity contribution in [1.29, 1.82) is 0 Å². The summed E-state index contributed by atoms with van der Waals surface area (Å²) in [6, 6.07) is 49.8. The van der Waals surface area contributed by atoms with E-state index in [0.717, 1.165) is 34.2 Å². The van der Waals surface area contributed by atoms with Crippen LogP contribution in [0.15, 0.2) is 152 Å². The number of carboxylic acids is 2. The minimum Gasteiger partial charge on any atom is -0.480 e. The van der Waals surface area contributed by atoms with Crippen molar-refractivity contribution in [3.63, 3.8) is 0 Å². The summed E-state index contributed by atoms with van der Waals surface area (Å²) in [6.07, 6.45) is 2.47. The van der Waals surface area contributed by atoms with Crippen molar-refractivity contribution in [2.45, 2.75) is 77.3 Å². The Hall–Kier alpha value is -5.04. The van der Waals surface area contributed by atoms with Crippen molar-refractivity contribution in [2.75, 3.05) is 0 Å². The summed E-state index contributed by atoms with van der Waals surface area (Å²) in [5.74, 6) is -1.51. The van der Waals surface area contributed by atoms with Gasteiger partial charge in [0.15, 0.2) is 0 Å². The first kappa shape index (κ1) is 37.8. The Morgan fingerprint density at radius 3 is 1.18 bits per heavy atom. The number of nitrogens with zero attached hydrogens (tertiary/aromatic N) is 2. The van der Waals surface area contributed by atoms with Crippen LogP contribution >= 0.6 is 0 Å². The largest absolute Gasteiger partial charge is 0.480 e. The van der Waals surface area contributed by atoms with Crippen LogP contribution in [0, 0.1) is 0 Å². The van der Waals surface area contributed by atoms with Crippen molar-refractivity contribution < 1.29 is 19.8 Å². The van der Waals surface area contributed by atoms with Gasteiger partial charge in [0.05, 0.1) is 0 Å². The number of benzene rings is 5. The molecule has 0 radical (unpaired) electrons. The van der Waals surface area contributed by atoms with Gasteiger partial charge in [-0.05, 0) is 40.7 Å². The Balaban J connectivity index is 0.000000237. The van der Waals surface area contributed by atoms with Crippen LogP contribution in [0.3, 0.4) is 0 Å². The summed E-state index contributed by atoms with van der Waals surface area (Å²) in [7, 11) is 0. The Bertz CT molecular complexity index is 1600. The van der Waals surface area contributed by atoms with Gasteiger partial charge in [0.25, 0.3) is 0 Å². The number of hydrogen-bond donors (Lipinski definition) is 2. The minimum absolute atomic E-state index is 0.467. The van der Waals surface area contributed by atoms with E-state index >= 15 is 0 Å². The molecule has 0 unspecified atom stereocenters. The zero-order valence-corrected chi connectivity index (χ0v) is 29.3. The topological polar surface area (TPSA) is 81.1 Å². The molecular weight excluding hydrogens is 620 g/mol. The van der Waals surface area contributed by atoms with E-state index in [9.17, 15) is 19.8 Å². The first-order valence-electron chi connectivity index (χ1n) is 17.5. The molecule has 0 amide bonds. The summed E-state index contributed by atoms with van der Waals surface area (Å²) in [5, 5.41) is 20.0. The molecule has 2 N–H and O–H groups in total. The third-order valence-electron chi connectivity index (χ3n) is 9.01. The minimum atomic E-state index is -0.970. The molecule has 50 heavy (non-hydrogen) atoms. The number of aliphatic carboxylic acids is 2. The summed E-state index contributed by atoms with van der Waals surface area (Å²) in [4.78, 5) is 28.5. The lowest BCUT2D eigenvalue weighted by atomic mass is 9.83. The van der Waals surface area contributed by atoms with Gasteiger partial charge in [0, 0.05) is 32.6 Å². The van der Waals surface area contributed by atoms with E-state index in [1.165, 1.54) is 0 Å². The second kappa shape index (κ2) is 19.8. The van der Waals surface area contributed by atoms with E-state index in [-0.39, 0.29) is 0 Å². The normalized spacial score (nSPS) is 12.8. The van der Waals surface area contributed by atoms with Gasteiger partial charge >= 0.3 is 11.9 Å². The lowest BCUT2D eigenvalue weighted by Gasteiger charge is -2.41. The maximum atomic E-state index is 12.8. The Morgan fingerprint density at radius 1 is 0.540 bits per heavy atom. The molecule has 5 aromatic rings. The van der Waals surface area contributed by atoms with Crippen LogP contribution in [0.4, 0.5) is 0 Å². The smallest absolute Gasteiger partial charge is 0.324 e. The molecule has 0 saturated carbocycles. The van der Waals surface area contributed by atoms with E-state index in [2.05, 4.69) is 36.1 Å². The summed E-state index contributed by atoms with van der Waals surface area (Å²) < 4.78 is 0. The second-order valence-corrected chi connectivity index (χ2v) is 12.7. The molecule has 0 aromatic heterocycles. The molecule has 6 heteroatoms. The predicted molar refractivity (Wildman–Crippen MR) is 201 cm³/mol. The standard InChI is InChI=1S/C26H29NO2.C18H21NO2/c1-2-18-26(25(28)29,19-22-12-6-3-7-13-22)27(20-23-14-8-4-9-15-23)21-24-16-10-5-11-17-24;1-2-17(18(20)21)19(13-15-9-5-3-6-10-15)14-16-11-7-4-8-12-16/h3-17H,2,18-21H2,1H3,(H,28,29);3-12,17H,2,13-14H2,1H3,(H,20,21)/t26-;17-/m10/s1. The van der Waals surface area contributed by atoms with Crippen LogP contribution in [0.5, 0.6) is 0 Å². The lowest BCUT2D eigenvalue weighted by molar-refractivity contribution is -0.153. The molecule has 0 saturated heterocycles. The van der Waals surface area contributed by atoms with Gasteiger partial charge in [-0.15, -0.1) is 0 Å². The fourth-order valence-corrected chi connectivity index (χ4v) is 6.49. The number of carboxylic acid groups (broad SMARTS) is 2. The predicted octanol–water partition coefficient (Wildman–Crippen LogP) is 9.11. The Morgan fingerprint density at radius 2 is 0.880 bits per heavy atom. The third-order valence-corrected chi connectivity index (χ3v) is 9.01.